The smallest absolute Gasteiger partial charge is 0.00167 e. The minimum Gasteiger partial charge on any atom is -0.0871 e. The van der Waals surface area contributed by atoms with Gasteiger partial charge in [-0.3, -0.25) is 0 Å². The maximum absolute atomic E-state index is 2.31. The zero-order valence-electron chi connectivity index (χ0n) is 12.1. The van der Waals surface area contributed by atoms with Gasteiger partial charge in [0.1, 0.15) is 0 Å². The largest absolute Gasteiger partial charge is 0.0871 e. The summed E-state index contributed by atoms with van der Waals surface area (Å²) in [6.45, 7) is 12.6. The molecule has 1 aliphatic rings. The van der Waals surface area contributed by atoms with Crippen molar-refractivity contribution in [3.63, 3.8) is 0 Å². The summed E-state index contributed by atoms with van der Waals surface area (Å²) >= 11 is 0. The number of hydrogen-bond acceptors (Lipinski definition) is 0. The molecule has 0 unspecified atom stereocenters. The fraction of sp³-hybridized carbons (Fsp3) is 0.412. The lowest BCUT2D eigenvalue weighted by Gasteiger charge is -2.15. The maximum Gasteiger partial charge on any atom is 0.00167 e. The van der Waals surface area contributed by atoms with E-state index in [9.17, 15) is 0 Å². The van der Waals surface area contributed by atoms with Crippen LogP contribution in [-0.2, 0) is 0 Å². The molecule has 0 nitrogen and oxygen atoms in total. The molecule has 0 aromatic rings. The minimum atomic E-state index is 0.134. The molecular weight excluding hydrogens is 204 g/mol. The van der Waals surface area contributed by atoms with Crippen LogP contribution in [0.5, 0.6) is 0 Å². The van der Waals surface area contributed by atoms with Crippen LogP contribution in [0.4, 0.5) is 0 Å². The molecule has 0 aromatic carbocycles. The third-order valence-electron chi connectivity index (χ3n) is 2.43. The van der Waals surface area contributed by atoms with Crippen molar-refractivity contribution in [3.05, 3.63) is 59.8 Å². The molecule has 0 aliphatic heterocycles. The summed E-state index contributed by atoms with van der Waals surface area (Å²) in [4.78, 5) is 0. The average molecular weight is 230 g/mol. The molecule has 0 N–H and O–H groups in total. The van der Waals surface area contributed by atoms with E-state index in [1.807, 2.05) is 20.8 Å². The van der Waals surface area contributed by atoms with Gasteiger partial charge in [0, 0.05) is 5.41 Å². The summed E-state index contributed by atoms with van der Waals surface area (Å²) in [5.41, 5.74) is 2.71. The molecule has 1 aliphatic carbocycles. The van der Waals surface area contributed by atoms with Crippen molar-refractivity contribution in [2.45, 2.75) is 41.5 Å². The van der Waals surface area contributed by atoms with Crippen LogP contribution in [0.25, 0.3) is 0 Å². The number of rotatable bonds is 2. The van der Waals surface area contributed by atoms with Crippen LogP contribution < -0.4 is 0 Å². The highest BCUT2D eigenvalue weighted by molar-refractivity contribution is 5.49. The molecular formula is C17H26. The zero-order chi connectivity index (χ0) is 13.3. The number of hydrogen-bond donors (Lipinski definition) is 0. The fourth-order valence-electron chi connectivity index (χ4n) is 1.68. The topological polar surface area (TPSA) is 0 Å². The Morgan fingerprint density at radius 2 is 1.76 bits per heavy atom. The fourth-order valence-corrected chi connectivity index (χ4v) is 1.68. The van der Waals surface area contributed by atoms with E-state index in [1.54, 1.807) is 0 Å². The van der Waals surface area contributed by atoms with Crippen LogP contribution in [0.3, 0.4) is 0 Å². The lowest BCUT2D eigenvalue weighted by atomic mass is 9.89. The van der Waals surface area contributed by atoms with E-state index in [1.165, 1.54) is 11.1 Å². The molecule has 17 heavy (non-hydrogen) atoms. The zero-order valence-corrected chi connectivity index (χ0v) is 12.1. The van der Waals surface area contributed by atoms with Gasteiger partial charge in [-0.1, -0.05) is 76.3 Å². The van der Waals surface area contributed by atoms with Crippen LogP contribution in [0, 0.1) is 5.41 Å². The normalized spacial score (nSPS) is 18.5. The monoisotopic (exact) mass is 230 g/mol. The summed E-state index contributed by atoms with van der Waals surface area (Å²) in [6, 6.07) is 0. The first-order chi connectivity index (χ1) is 8.09. The molecule has 0 heterocycles. The van der Waals surface area contributed by atoms with Crippen molar-refractivity contribution in [1.82, 2.24) is 0 Å². The van der Waals surface area contributed by atoms with Gasteiger partial charge in [-0.15, -0.1) is 0 Å². The summed E-state index contributed by atoms with van der Waals surface area (Å²) in [5, 5.41) is 0. The van der Waals surface area contributed by atoms with Gasteiger partial charge in [0.05, 0.1) is 0 Å². The van der Waals surface area contributed by atoms with Gasteiger partial charge < -0.3 is 0 Å². The van der Waals surface area contributed by atoms with Crippen molar-refractivity contribution in [3.8, 4) is 0 Å². The molecule has 0 spiro atoms. The average Bonchev–Trinajstić information content (AvgIpc) is 2.49. The molecule has 1 rings (SSSR count). The molecule has 0 fully saturated rings. The lowest BCUT2D eigenvalue weighted by Crippen LogP contribution is -2.03. The first kappa shape index (κ1) is 15.7. The van der Waals surface area contributed by atoms with Gasteiger partial charge in [-0.05, 0) is 25.0 Å². The SMILES string of the molecule is C/C=C\C(=C/C)C1=CC(C)(C)C=CC=C1.CC. The second-order valence-electron chi connectivity index (χ2n) is 4.38. The molecule has 94 valence electrons. The molecule has 0 amide bonds. The predicted molar refractivity (Wildman–Crippen MR) is 80.1 cm³/mol. The van der Waals surface area contributed by atoms with E-state index in [0.717, 1.165) is 0 Å². The molecule has 0 heteroatoms. The highest BCUT2D eigenvalue weighted by Gasteiger charge is 2.13. The van der Waals surface area contributed by atoms with Crippen molar-refractivity contribution in [2.24, 2.45) is 5.41 Å². The third-order valence-corrected chi connectivity index (χ3v) is 2.43. The van der Waals surface area contributed by atoms with Gasteiger partial charge in [-0.2, -0.15) is 0 Å². The molecule has 0 bridgehead atoms. The second-order valence-corrected chi connectivity index (χ2v) is 4.38. The Balaban J connectivity index is 0.00000121. The van der Waals surface area contributed by atoms with Gasteiger partial charge in [0.2, 0.25) is 0 Å². The molecule has 0 saturated carbocycles. The highest BCUT2D eigenvalue weighted by Crippen LogP contribution is 2.27. The van der Waals surface area contributed by atoms with E-state index >= 15 is 0 Å². The van der Waals surface area contributed by atoms with Gasteiger partial charge in [0.25, 0.3) is 0 Å². The predicted octanol–water partition coefficient (Wildman–Crippen LogP) is 5.61. The van der Waals surface area contributed by atoms with E-state index in [0.29, 0.717) is 0 Å². The molecule has 0 radical (unpaired) electrons. The van der Waals surface area contributed by atoms with Crippen LogP contribution >= 0.6 is 0 Å². The first-order valence-corrected chi connectivity index (χ1v) is 6.47. The highest BCUT2D eigenvalue weighted by atomic mass is 14.2. The van der Waals surface area contributed by atoms with Crippen LogP contribution in [0.1, 0.15) is 41.5 Å². The Kier molecular flexibility index (Phi) is 7.29. The summed E-state index contributed by atoms with van der Waals surface area (Å²) in [6.07, 6.45) is 17.3. The molecule has 0 atom stereocenters. The van der Waals surface area contributed by atoms with E-state index in [2.05, 4.69) is 69.4 Å². The third kappa shape index (κ3) is 5.53. The van der Waals surface area contributed by atoms with E-state index in [-0.39, 0.29) is 5.41 Å². The Morgan fingerprint density at radius 3 is 2.29 bits per heavy atom. The van der Waals surface area contributed by atoms with Crippen molar-refractivity contribution < 1.29 is 0 Å². The quantitative estimate of drug-likeness (QED) is 0.541. The van der Waals surface area contributed by atoms with Crippen LogP contribution in [-0.4, -0.2) is 0 Å². The van der Waals surface area contributed by atoms with Crippen LogP contribution in [0.2, 0.25) is 0 Å². The Morgan fingerprint density at radius 1 is 1.12 bits per heavy atom. The van der Waals surface area contributed by atoms with Crippen molar-refractivity contribution in [2.75, 3.05) is 0 Å². The van der Waals surface area contributed by atoms with Gasteiger partial charge >= 0.3 is 0 Å². The summed E-state index contributed by atoms with van der Waals surface area (Å²) in [7, 11) is 0. The van der Waals surface area contributed by atoms with E-state index in [4.69, 9.17) is 0 Å². The number of allylic oxidation sites excluding steroid dienone is 10. The lowest BCUT2D eigenvalue weighted by molar-refractivity contribution is 0.624. The Bertz CT molecular complexity index is 357. The van der Waals surface area contributed by atoms with Crippen molar-refractivity contribution in [1.29, 1.82) is 0 Å². The summed E-state index contributed by atoms with van der Waals surface area (Å²) < 4.78 is 0. The Hall–Kier alpha value is -1.30. The van der Waals surface area contributed by atoms with Gasteiger partial charge in [-0.25, -0.2) is 0 Å². The summed E-state index contributed by atoms with van der Waals surface area (Å²) in [5.74, 6) is 0. The van der Waals surface area contributed by atoms with Gasteiger partial charge in [0.15, 0.2) is 0 Å². The molecule has 0 saturated heterocycles. The minimum absolute atomic E-state index is 0.134. The first-order valence-electron chi connectivity index (χ1n) is 6.47. The standard InChI is InChI=1S/C15H20.C2H6/c1-5-9-13(6-2)14-10-7-8-11-15(3,4)12-14;1-2/h5-12H,1-4H3;1-2H3/b9-5-,13-6+;. The maximum atomic E-state index is 2.31. The Labute approximate surface area is 107 Å². The molecule has 0 aromatic heterocycles. The van der Waals surface area contributed by atoms with Crippen molar-refractivity contribution >= 4 is 0 Å². The van der Waals surface area contributed by atoms with E-state index < -0.39 is 0 Å². The second kappa shape index (κ2) is 7.89. The van der Waals surface area contributed by atoms with Crippen LogP contribution in [0.15, 0.2) is 59.8 Å².